The van der Waals surface area contributed by atoms with Crippen LogP contribution in [0.3, 0.4) is 0 Å². The topological polar surface area (TPSA) is 36.7 Å². The van der Waals surface area contributed by atoms with Gasteiger partial charge in [0.1, 0.15) is 11.8 Å². The van der Waals surface area contributed by atoms with Crippen molar-refractivity contribution in [3.05, 3.63) is 41.2 Å². The SMILES string of the molecule is N#Cc1cc2c(Cl)cccc2cn1. The quantitative estimate of drug-likeness (QED) is 0.638. The Morgan fingerprint density at radius 2 is 2.23 bits per heavy atom. The van der Waals surface area contributed by atoms with Crippen LogP contribution in [0.5, 0.6) is 0 Å². The van der Waals surface area contributed by atoms with E-state index in [-0.39, 0.29) is 0 Å². The van der Waals surface area contributed by atoms with Crippen LogP contribution in [0.1, 0.15) is 5.69 Å². The largest absolute Gasteiger partial charge is 0.245 e. The molecule has 1 heterocycles. The second-order valence-corrected chi connectivity index (χ2v) is 3.05. The molecule has 0 N–H and O–H groups in total. The number of benzene rings is 1. The van der Waals surface area contributed by atoms with Gasteiger partial charge in [-0.25, -0.2) is 4.98 Å². The van der Waals surface area contributed by atoms with Crippen LogP contribution < -0.4 is 0 Å². The van der Waals surface area contributed by atoms with Gasteiger partial charge in [0.05, 0.1) is 0 Å². The molecular formula is C10H5ClN2. The van der Waals surface area contributed by atoms with Crippen molar-refractivity contribution in [2.75, 3.05) is 0 Å². The number of fused-ring (bicyclic) bond motifs is 1. The highest BCUT2D eigenvalue weighted by Crippen LogP contribution is 2.22. The van der Waals surface area contributed by atoms with Crippen molar-refractivity contribution in [1.82, 2.24) is 4.98 Å². The average Bonchev–Trinajstić information content (AvgIpc) is 2.18. The fourth-order valence-corrected chi connectivity index (χ4v) is 1.43. The van der Waals surface area contributed by atoms with Crippen molar-refractivity contribution < 1.29 is 0 Å². The van der Waals surface area contributed by atoms with Crippen LogP contribution in [0, 0.1) is 11.3 Å². The summed E-state index contributed by atoms with van der Waals surface area (Å²) in [6.45, 7) is 0. The van der Waals surface area contributed by atoms with Crippen molar-refractivity contribution in [2.24, 2.45) is 0 Å². The molecule has 2 aromatic rings. The second kappa shape index (κ2) is 3.04. The molecule has 0 fully saturated rings. The van der Waals surface area contributed by atoms with E-state index in [0.717, 1.165) is 10.8 Å². The predicted molar refractivity (Wildman–Crippen MR) is 51.5 cm³/mol. The van der Waals surface area contributed by atoms with Gasteiger partial charge in [-0.05, 0) is 12.1 Å². The highest BCUT2D eigenvalue weighted by atomic mass is 35.5. The Morgan fingerprint density at radius 1 is 1.38 bits per heavy atom. The minimum absolute atomic E-state index is 0.389. The van der Waals surface area contributed by atoms with E-state index in [9.17, 15) is 0 Å². The van der Waals surface area contributed by atoms with E-state index >= 15 is 0 Å². The molecule has 3 heteroatoms. The zero-order chi connectivity index (χ0) is 9.26. The molecule has 0 aliphatic heterocycles. The Labute approximate surface area is 80.4 Å². The molecule has 13 heavy (non-hydrogen) atoms. The van der Waals surface area contributed by atoms with E-state index < -0.39 is 0 Å². The zero-order valence-electron chi connectivity index (χ0n) is 6.66. The summed E-state index contributed by atoms with van der Waals surface area (Å²) in [7, 11) is 0. The minimum Gasteiger partial charge on any atom is -0.245 e. The molecule has 2 nitrogen and oxygen atoms in total. The van der Waals surface area contributed by atoms with Crippen molar-refractivity contribution in [1.29, 1.82) is 5.26 Å². The summed E-state index contributed by atoms with van der Waals surface area (Å²) >= 11 is 5.95. The zero-order valence-corrected chi connectivity index (χ0v) is 7.42. The van der Waals surface area contributed by atoms with E-state index in [1.807, 2.05) is 18.2 Å². The van der Waals surface area contributed by atoms with Gasteiger partial charge in [0.15, 0.2) is 0 Å². The molecule has 0 bridgehead atoms. The summed E-state index contributed by atoms with van der Waals surface area (Å²) in [5.41, 5.74) is 0.389. The van der Waals surface area contributed by atoms with Crippen LogP contribution in [-0.2, 0) is 0 Å². The standard InChI is InChI=1S/C10H5ClN2/c11-10-3-1-2-7-6-13-8(5-12)4-9(7)10/h1-4,6H. The van der Waals surface area contributed by atoms with Gasteiger partial charge in [-0.3, -0.25) is 0 Å². The lowest BCUT2D eigenvalue weighted by atomic mass is 10.1. The van der Waals surface area contributed by atoms with Gasteiger partial charge in [0, 0.05) is 22.0 Å². The van der Waals surface area contributed by atoms with E-state index in [1.165, 1.54) is 0 Å². The van der Waals surface area contributed by atoms with Gasteiger partial charge in [0.2, 0.25) is 0 Å². The lowest BCUT2D eigenvalue weighted by molar-refractivity contribution is 1.29. The fraction of sp³-hybridized carbons (Fsp3) is 0. The first-order valence-corrected chi connectivity index (χ1v) is 4.13. The highest BCUT2D eigenvalue weighted by Gasteiger charge is 1.99. The summed E-state index contributed by atoms with van der Waals surface area (Å²) in [5, 5.41) is 11.1. The maximum atomic E-state index is 8.63. The Morgan fingerprint density at radius 3 is 3.00 bits per heavy atom. The molecule has 1 aromatic carbocycles. The van der Waals surface area contributed by atoms with E-state index in [0.29, 0.717) is 10.7 Å². The van der Waals surface area contributed by atoms with Crippen LogP contribution in [0.2, 0.25) is 5.02 Å². The number of hydrogen-bond donors (Lipinski definition) is 0. The number of nitriles is 1. The Hall–Kier alpha value is -1.59. The van der Waals surface area contributed by atoms with E-state index in [2.05, 4.69) is 4.98 Å². The third-order valence-corrected chi connectivity index (χ3v) is 2.15. The highest BCUT2D eigenvalue weighted by molar-refractivity contribution is 6.35. The van der Waals surface area contributed by atoms with Gasteiger partial charge in [0.25, 0.3) is 0 Å². The third kappa shape index (κ3) is 1.34. The smallest absolute Gasteiger partial charge is 0.141 e. The van der Waals surface area contributed by atoms with Crippen LogP contribution in [0.4, 0.5) is 0 Å². The van der Waals surface area contributed by atoms with Crippen LogP contribution >= 0.6 is 11.6 Å². The number of nitrogens with zero attached hydrogens (tertiary/aromatic N) is 2. The normalized spacial score (nSPS) is 9.85. The first kappa shape index (κ1) is 8.03. The summed E-state index contributed by atoms with van der Waals surface area (Å²) in [4.78, 5) is 3.95. The summed E-state index contributed by atoms with van der Waals surface area (Å²) in [6.07, 6.45) is 1.65. The van der Waals surface area contributed by atoms with Crippen LogP contribution in [-0.4, -0.2) is 4.98 Å². The molecule has 0 radical (unpaired) electrons. The lowest BCUT2D eigenvalue weighted by Crippen LogP contribution is -1.82. The first-order valence-electron chi connectivity index (χ1n) is 3.75. The third-order valence-electron chi connectivity index (χ3n) is 1.82. The molecule has 62 valence electrons. The summed E-state index contributed by atoms with van der Waals surface area (Å²) in [5.74, 6) is 0. The summed E-state index contributed by atoms with van der Waals surface area (Å²) in [6, 6.07) is 9.24. The van der Waals surface area contributed by atoms with E-state index in [4.69, 9.17) is 16.9 Å². The maximum Gasteiger partial charge on any atom is 0.141 e. The van der Waals surface area contributed by atoms with Gasteiger partial charge in [-0.15, -0.1) is 0 Å². The number of hydrogen-bond acceptors (Lipinski definition) is 2. The Kier molecular flexibility index (Phi) is 1.88. The Bertz CT molecular complexity index is 500. The van der Waals surface area contributed by atoms with Gasteiger partial charge < -0.3 is 0 Å². The molecule has 2 rings (SSSR count). The Balaban J connectivity index is 2.84. The van der Waals surface area contributed by atoms with Crippen LogP contribution in [0.25, 0.3) is 10.8 Å². The van der Waals surface area contributed by atoms with Crippen molar-refractivity contribution in [2.45, 2.75) is 0 Å². The molecule has 0 saturated carbocycles. The molecular weight excluding hydrogens is 184 g/mol. The molecule has 0 aliphatic rings. The van der Waals surface area contributed by atoms with Crippen molar-refractivity contribution >= 4 is 22.4 Å². The molecule has 0 unspecified atom stereocenters. The summed E-state index contributed by atoms with van der Waals surface area (Å²) < 4.78 is 0. The second-order valence-electron chi connectivity index (χ2n) is 2.64. The molecule has 1 aromatic heterocycles. The predicted octanol–water partition coefficient (Wildman–Crippen LogP) is 2.76. The van der Waals surface area contributed by atoms with Crippen LogP contribution in [0.15, 0.2) is 30.5 Å². The first-order chi connectivity index (χ1) is 6.31. The minimum atomic E-state index is 0.389. The van der Waals surface area contributed by atoms with Crippen molar-refractivity contribution in [3.63, 3.8) is 0 Å². The van der Waals surface area contributed by atoms with Crippen molar-refractivity contribution in [3.8, 4) is 6.07 Å². The van der Waals surface area contributed by atoms with Gasteiger partial charge >= 0.3 is 0 Å². The maximum absolute atomic E-state index is 8.63. The number of rotatable bonds is 0. The fourth-order valence-electron chi connectivity index (χ4n) is 1.19. The monoisotopic (exact) mass is 188 g/mol. The molecule has 0 atom stereocenters. The lowest BCUT2D eigenvalue weighted by Gasteiger charge is -1.98. The molecule has 0 spiro atoms. The van der Waals surface area contributed by atoms with Gasteiger partial charge in [-0.1, -0.05) is 23.7 Å². The number of halogens is 1. The van der Waals surface area contributed by atoms with E-state index in [1.54, 1.807) is 18.3 Å². The average molecular weight is 189 g/mol. The number of pyridine rings is 1. The number of aromatic nitrogens is 1. The molecule has 0 aliphatic carbocycles. The molecule has 0 amide bonds. The van der Waals surface area contributed by atoms with Gasteiger partial charge in [-0.2, -0.15) is 5.26 Å². The molecule has 0 saturated heterocycles.